The van der Waals surface area contributed by atoms with E-state index in [2.05, 4.69) is 27.7 Å². The minimum atomic E-state index is 0.155. The predicted octanol–water partition coefficient (Wildman–Crippen LogP) is 5.93. The van der Waals surface area contributed by atoms with Crippen LogP contribution in [0.4, 0.5) is 0 Å². The van der Waals surface area contributed by atoms with Crippen molar-refractivity contribution in [1.29, 1.82) is 0 Å². The fourth-order valence-electron chi connectivity index (χ4n) is 10.3. The summed E-state index contributed by atoms with van der Waals surface area (Å²) in [5.74, 6) is 3.77. The molecule has 0 aromatic rings. The third-order valence-corrected chi connectivity index (χ3v) is 12.5. The number of rotatable bonds is 16. The molecule has 0 bridgehead atoms. The van der Waals surface area contributed by atoms with Crippen molar-refractivity contribution in [2.45, 2.75) is 129 Å². The van der Waals surface area contributed by atoms with Crippen LogP contribution in [0.2, 0.25) is 0 Å². The molecule has 4 aliphatic carbocycles. The monoisotopic (exact) mass is 564 g/mol. The van der Waals surface area contributed by atoms with Crippen LogP contribution >= 0.6 is 0 Å². The molecule has 4 aliphatic rings. The SMILES string of the molecule is CCCCO[C@@H]1C[C@@H]2C[C@H](OCCCN)CC[C@]2(C)[C@H]2C[C@H](OCCCN)[C@]3(C)[C@@H]([C@H](C)CCCO)CC[C@H]3[C@H]12. The number of aliphatic hydroxyl groups is 1. The number of ether oxygens (including phenoxy) is 3. The third kappa shape index (κ3) is 6.63. The van der Waals surface area contributed by atoms with Crippen LogP contribution in [0.1, 0.15) is 111 Å². The summed E-state index contributed by atoms with van der Waals surface area (Å²) < 4.78 is 20.2. The summed E-state index contributed by atoms with van der Waals surface area (Å²) in [6.07, 6.45) is 15.7. The van der Waals surface area contributed by atoms with Crippen molar-refractivity contribution in [2.75, 3.05) is 39.5 Å². The Balaban J connectivity index is 1.64. The molecule has 0 aromatic carbocycles. The van der Waals surface area contributed by atoms with E-state index in [0.717, 1.165) is 58.3 Å². The van der Waals surface area contributed by atoms with E-state index < -0.39 is 0 Å². The zero-order chi connectivity index (χ0) is 28.8. The van der Waals surface area contributed by atoms with E-state index in [1.54, 1.807) is 0 Å². The van der Waals surface area contributed by atoms with Gasteiger partial charge in [-0.3, -0.25) is 0 Å². The first-order chi connectivity index (χ1) is 19.3. The summed E-state index contributed by atoms with van der Waals surface area (Å²) >= 11 is 0. The Labute approximate surface area is 246 Å². The van der Waals surface area contributed by atoms with Crippen LogP contribution in [0.3, 0.4) is 0 Å². The van der Waals surface area contributed by atoms with Gasteiger partial charge in [0.1, 0.15) is 0 Å². The lowest BCUT2D eigenvalue weighted by Crippen LogP contribution is -2.63. The van der Waals surface area contributed by atoms with Crippen LogP contribution in [0.15, 0.2) is 0 Å². The molecule has 4 fully saturated rings. The molecule has 11 atom stereocenters. The first-order valence-electron chi connectivity index (χ1n) is 17.2. The minimum Gasteiger partial charge on any atom is -0.396 e. The highest BCUT2D eigenvalue weighted by Crippen LogP contribution is 2.69. The molecule has 4 rings (SSSR count). The van der Waals surface area contributed by atoms with Crippen molar-refractivity contribution in [1.82, 2.24) is 0 Å². The standard InChI is InChI=1S/C34H64N2O4/c1-5-6-18-39-30-22-25-21-26(38-19-8-15-35)13-14-33(25,3)29-23-31(40-20-9-16-36)34(4)27(24(2)10-7-17-37)11-12-28(34)32(29)30/h24-32,37H,5-23,35-36H2,1-4H3/t24-,25+,26-,27-,28+,29+,30-,31+,32+,33+,34-/m1/s1. The number of fused-ring (bicyclic) bond motifs is 5. The molecule has 6 heteroatoms. The molecular formula is C34H64N2O4. The van der Waals surface area contributed by atoms with Gasteiger partial charge in [0.05, 0.1) is 18.3 Å². The van der Waals surface area contributed by atoms with Gasteiger partial charge in [-0.2, -0.15) is 0 Å². The first-order valence-corrected chi connectivity index (χ1v) is 17.2. The summed E-state index contributed by atoms with van der Waals surface area (Å²) in [4.78, 5) is 0. The van der Waals surface area contributed by atoms with E-state index in [9.17, 15) is 5.11 Å². The second-order valence-electron chi connectivity index (χ2n) is 14.5. The predicted molar refractivity (Wildman–Crippen MR) is 163 cm³/mol. The third-order valence-electron chi connectivity index (χ3n) is 12.5. The molecule has 0 unspecified atom stereocenters. The maximum atomic E-state index is 9.59. The number of hydrogen-bond acceptors (Lipinski definition) is 6. The molecule has 0 heterocycles. The van der Waals surface area contributed by atoms with Crippen molar-refractivity contribution in [3.8, 4) is 0 Å². The number of unbranched alkanes of at least 4 members (excludes halogenated alkanes) is 1. The Morgan fingerprint density at radius 1 is 0.850 bits per heavy atom. The lowest BCUT2D eigenvalue weighted by Gasteiger charge is -2.65. The average molecular weight is 565 g/mol. The van der Waals surface area contributed by atoms with Crippen LogP contribution in [0, 0.1) is 46.3 Å². The highest BCUT2D eigenvalue weighted by atomic mass is 16.5. The Kier molecular flexibility index (Phi) is 12.2. The lowest BCUT2D eigenvalue weighted by molar-refractivity contribution is -0.227. The summed E-state index contributed by atoms with van der Waals surface area (Å²) in [7, 11) is 0. The van der Waals surface area contributed by atoms with E-state index in [1.807, 2.05) is 0 Å². The van der Waals surface area contributed by atoms with Gasteiger partial charge < -0.3 is 30.8 Å². The first kappa shape index (κ1) is 32.7. The van der Waals surface area contributed by atoms with Gasteiger partial charge in [-0.05, 0) is 131 Å². The normalized spacial score (nSPS) is 41.8. The number of aliphatic hydroxyl groups excluding tert-OH is 1. The van der Waals surface area contributed by atoms with Gasteiger partial charge in [0.15, 0.2) is 0 Å². The molecule has 0 aromatic heterocycles. The Morgan fingerprint density at radius 3 is 2.27 bits per heavy atom. The fourth-order valence-corrected chi connectivity index (χ4v) is 10.3. The quantitative estimate of drug-likeness (QED) is 0.201. The van der Waals surface area contributed by atoms with E-state index in [-0.39, 0.29) is 11.5 Å². The smallest absolute Gasteiger partial charge is 0.0637 e. The van der Waals surface area contributed by atoms with Crippen molar-refractivity contribution in [3.63, 3.8) is 0 Å². The van der Waals surface area contributed by atoms with E-state index in [0.29, 0.717) is 72.8 Å². The van der Waals surface area contributed by atoms with E-state index in [4.69, 9.17) is 25.7 Å². The van der Waals surface area contributed by atoms with Crippen molar-refractivity contribution in [2.24, 2.45) is 57.8 Å². The van der Waals surface area contributed by atoms with Crippen molar-refractivity contribution < 1.29 is 19.3 Å². The zero-order valence-corrected chi connectivity index (χ0v) is 26.5. The summed E-state index contributed by atoms with van der Waals surface area (Å²) in [5, 5.41) is 9.59. The molecule has 0 amide bonds. The molecule has 0 saturated heterocycles. The zero-order valence-electron chi connectivity index (χ0n) is 26.5. The Morgan fingerprint density at radius 2 is 1.57 bits per heavy atom. The van der Waals surface area contributed by atoms with E-state index in [1.165, 1.54) is 44.9 Å². The molecule has 40 heavy (non-hydrogen) atoms. The van der Waals surface area contributed by atoms with Gasteiger partial charge in [-0.25, -0.2) is 0 Å². The number of nitrogens with two attached hydrogens (primary N) is 2. The second kappa shape index (κ2) is 15.0. The van der Waals surface area contributed by atoms with Gasteiger partial charge in [0.25, 0.3) is 0 Å². The summed E-state index contributed by atoms with van der Waals surface area (Å²) in [5.41, 5.74) is 12.2. The maximum Gasteiger partial charge on any atom is 0.0637 e. The van der Waals surface area contributed by atoms with Crippen LogP contribution in [0.25, 0.3) is 0 Å². The molecule has 0 radical (unpaired) electrons. The van der Waals surface area contributed by atoms with Gasteiger partial charge in [0, 0.05) is 31.8 Å². The molecular weight excluding hydrogens is 500 g/mol. The van der Waals surface area contributed by atoms with Crippen LogP contribution in [0.5, 0.6) is 0 Å². The summed E-state index contributed by atoms with van der Waals surface area (Å²) in [6.45, 7) is 14.1. The minimum absolute atomic E-state index is 0.155. The lowest BCUT2D eigenvalue weighted by atomic mass is 9.43. The summed E-state index contributed by atoms with van der Waals surface area (Å²) in [6, 6.07) is 0. The van der Waals surface area contributed by atoms with Gasteiger partial charge in [-0.1, -0.05) is 34.1 Å². The largest absolute Gasteiger partial charge is 0.396 e. The molecule has 234 valence electrons. The molecule has 0 aliphatic heterocycles. The van der Waals surface area contributed by atoms with Gasteiger partial charge >= 0.3 is 0 Å². The second-order valence-corrected chi connectivity index (χ2v) is 14.5. The van der Waals surface area contributed by atoms with Gasteiger partial charge in [0.2, 0.25) is 0 Å². The van der Waals surface area contributed by atoms with Gasteiger partial charge in [-0.15, -0.1) is 0 Å². The molecule has 5 N–H and O–H groups in total. The topological polar surface area (TPSA) is 100.0 Å². The molecule has 4 saturated carbocycles. The Hall–Kier alpha value is -0.240. The highest BCUT2D eigenvalue weighted by molar-refractivity contribution is 5.15. The molecule has 0 spiro atoms. The van der Waals surface area contributed by atoms with E-state index >= 15 is 0 Å². The van der Waals surface area contributed by atoms with Crippen molar-refractivity contribution in [3.05, 3.63) is 0 Å². The number of hydrogen-bond donors (Lipinski definition) is 3. The van der Waals surface area contributed by atoms with Crippen LogP contribution < -0.4 is 11.5 Å². The van der Waals surface area contributed by atoms with Crippen molar-refractivity contribution >= 4 is 0 Å². The van der Waals surface area contributed by atoms with Crippen LogP contribution in [-0.2, 0) is 14.2 Å². The maximum absolute atomic E-state index is 9.59. The average Bonchev–Trinajstić information content (AvgIpc) is 3.31. The highest BCUT2D eigenvalue weighted by Gasteiger charge is 2.66. The molecule has 6 nitrogen and oxygen atoms in total. The fraction of sp³-hybridized carbons (Fsp3) is 1.00. The van der Waals surface area contributed by atoms with Crippen LogP contribution in [-0.4, -0.2) is 62.9 Å². The Bertz CT molecular complexity index is 753.